The maximum Gasteiger partial charge on any atom is 0.256 e. The van der Waals surface area contributed by atoms with Gasteiger partial charge in [-0.25, -0.2) is 5.48 Å². The second-order valence-electron chi connectivity index (χ2n) is 3.49. The molecule has 0 radical (unpaired) electrons. The van der Waals surface area contributed by atoms with E-state index in [2.05, 4.69) is 21.2 Å². The Morgan fingerprint density at radius 3 is 2.83 bits per heavy atom. The second kappa shape index (κ2) is 7.40. The molecule has 0 aliphatic heterocycles. The van der Waals surface area contributed by atoms with Gasteiger partial charge in [0.25, 0.3) is 5.91 Å². The molecule has 1 atom stereocenters. The first-order valence-corrected chi connectivity index (χ1v) is 6.98. The van der Waals surface area contributed by atoms with Gasteiger partial charge in [-0.05, 0) is 25.1 Å². The number of hydrogen-bond donors (Lipinski definition) is 3. The van der Waals surface area contributed by atoms with Crippen molar-refractivity contribution in [1.82, 2.24) is 5.48 Å². The maximum absolute atomic E-state index is 11.6. The van der Waals surface area contributed by atoms with Gasteiger partial charge in [0.2, 0.25) is 5.91 Å². The third kappa shape index (κ3) is 5.07. The number of halogens is 1. The van der Waals surface area contributed by atoms with Crippen LogP contribution in [0.1, 0.15) is 6.92 Å². The van der Waals surface area contributed by atoms with Crippen LogP contribution >= 0.6 is 27.7 Å². The summed E-state index contributed by atoms with van der Waals surface area (Å²) < 4.78 is 0.876. The van der Waals surface area contributed by atoms with Gasteiger partial charge in [-0.15, -0.1) is 11.8 Å². The molecule has 3 N–H and O–H groups in total. The van der Waals surface area contributed by atoms with Gasteiger partial charge in [0.1, 0.15) is 0 Å². The minimum absolute atomic E-state index is 0.140. The molecule has 7 heteroatoms. The zero-order valence-electron chi connectivity index (χ0n) is 9.64. The molecule has 0 aliphatic carbocycles. The lowest BCUT2D eigenvalue weighted by molar-refractivity contribution is -0.128. The number of nitrogens with one attached hydrogen (secondary N) is 2. The summed E-state index contributed by atoms with van der Waals surface area (Å²) in [6.07, 6.45) is 0. The molecule has 0 fully saturated rings. The van der Waals surface area contributed by atoms with Crippen LogP contribution in [0.3, 0.4) is 0 Å². The smallest absolute Gasteiger partial charge is 0.256 e. The van der Waals surface area contributed by atoms with Crippen molar-refractivity contribution >= 4 is 45.2 Å². The number of thioether (sulfide) groups is 1. The van der Waals surface area contributed by atoms with Gasteiger partial charge in [0.15, 0.2) is 0 Å². The highest BCUT2D eigenvalue weighted by Crippen LogP contribution is 2.16. The number of rotatable bonds is 5. The summed E-state index contributed by atoms with van der Waals surface area (Å²) in [4.78, 5) is 22.6. The number of benzene rings is 1. The van der Waals surface area contributed by atoms with Crippen LogP contribution in [-0.2, 0) is 9.59 Å². The summed E-state index contributed by atoms with van der Waals surface area (Å²) >= 11 is 4.45. The summed E-state index contributed by atoms with van der Waals surface area (Å²) in [5.74, 6) is -0.577. The van der Waals surface area contributed by atoms with E-state index < -0.39 is 11.2 Å². The van der Waals surface area contributed by atoms with Gasteiger partial charge in [0.05, 0.1) is 11.0 Å². The van der Waals surface area contributed by atoms with E-state index in [4.69, 9.17) is 5.21 Å². The highest BCUT2D eigenvalue weighted by molar-refractivity contribution is 9.10. The number of anilines is 1. The third-order valence-corrected chi connectivity index (χ3v) is 3.69. The molecule has 0 spiro atoms. The molecule has 1 aromatic rings. The summed E-state index contributed by atoms with van der Waals surface area (Å²) in [7, 11) is 0. The standard InChI is InChI=1S/C11H13BrN2O3S/c1-7(11(16)14-17)18-6-10(15)13-9-4-2-3-8(12)5-9/h2-5,7,17H,6H2,1H3,(H,13,15)(H,14,16). The van der Waals surface area contributed by atoms with Crippen molar-refractivity contribution in [2.24, 2.45) is 0 Å². The molecule has 2 amide bonds. The molecule has 0 saturated carbocycles. The van der Waals surface area contributed by atoms with Crippen molar-refractivity contribution in [1.29, 1.82) is 0 Å². The molecule has 98 valence electrons. The summed E-state index contributed by atoms with van der Waals surface area (Å²) in [6.45, 7) is 1.61. The molecule has 0 bridgehead atoms. The van der Waals surface area contributed by atoms with E-state index in [1.54, 1.807) is 24.5 Å². The Hall–Kier alpha value is -1.05. The monoisotopic (exact) mass is 332 g/mol. The molecule has 1 unspecified atom stereocenters. The van der Waals surface area contributed by atoms with E-state index in [0.29, 0.717) is 5.69 Å². The Kier molecular flexibility index (Phi) is 6.17. The van der Waals surface area contributed by atoms with E-state index >= 15 is 0 Å². The van der Waals surface area contributed by atoms with Crippen LogP contribution in [0.25, 0.3) is 0 Å². The Labute approximate surface area is 117 Å². The minimum Gasteiger partial charge on any atom is -0.325 e. The second-order valence-corrected chi connectivity index (χ2v) is 5.73. The average molecular weight is 333 g/mol. The fraction of sp³-hybridized carbons (Fsp3) is 0.273. The van der Waals surface area contributed by atoms with Crippen molar-refractivity contribution in [3.05, 3.63) is 28.7 Å². The zero-order chi connectivity index (χ0) is 13.5. The minimum atomic E-state index is -0.518. The zero-order valence-corrected chi connectivity index (χ0v) is 12.0. The third-order valence-electron chi connectivity index (χ3n) is 2.05. The lowest BCUT2D eigenvalue weighted by atomic mass is 10.3. The van der Waals surface area contributed by atoms with Crippen molar-refractivity contribution < 1.29 is 14.8 Å². The first kappa shape index (κ1) is 15.0. The topological polar surface area (TPSA) is 78.4 Å². The van der Waals surface area contributed by atoms with Gasteiger partial charge in [0, 0.05) is 10.2 Å². The quantitative estimate of drug-likeness (QED) is 0.569. The SMILES string of the molecule is CC(SCC(=O)Nc1cccc(Br)c1)C(=O)NO. The molecule has 1 aromatic carbocycles. The molecule has 0 aliphatic rings. The van der Waals surface area contributed by atoms with Gasteiger partial charge < -0.3 is 5.32 Å². The first-order valence-electron chi connectivity index (χ1n) is 5.14. The predicted octanol–water partition coefficient (Wildman–Crippen LogP) is 2.01. The molecule has 1 rings (SSSR count). The van der Waals surface area contributed by atoms with Crippen LogP contribution in [0.15, 0.2) is 28.7 Å². The number of carbonyl (C=O) groups excluding carboxylic acids is 2. The summed E-state index contributed by atoms with van der Waals surface area (Å²) in [5, 5.41) is 10.6. The van der Waals surface area contributed by atoms with Crippen molar-refractivity contribution in [2.45, 2.75) is 12.2 Å². The normalized spacial score (nSPS) is 11.7. The van der Waals surface area contributed by atoms with Crippen LogP contribution < -0.4 is 10.8 Å². The van der Waals surface area contributed by atoms with Crippen LogP contribution in [0.4, 0.5) is 5.69 Å². The summed E-state index contributed by atoms with van der Waals surface area (Å²) in [5.41, 5.74) is 2.24. The molecule has 0 heterocycles. The Morgan fingerprint density at radius 2 is 2.22 bits per heavy atom. The Balaban J connectivity index is 2.41. The lowest BCUT2D eigenvalue weighted by Crippen LogP contribution is -2.29. The number of hydrogen-bond acceptors (Lipinski definition) is 4. The van der Waals surface area contributed by atoms with Crippen LogP contribution in [0, 0.1) is 0 Å². The van der Waals surface area contributed by atoms with Crippen LogP contribution in [0.5, 0.6) is 0 Å². The molecular formula is C11H13BrN2O3S. The van der Waals surface area contributed by atoms with E-state index in [1.165, 1.54) is 0 Å². The predicted molar refractivity (Wildman–Crippen MR) is 74.6 cm³/mol. The lowest BCUT2D eigenvalue weighted by Gasteiger charge is -2.09. The van der Waals surface area contributed by atoms with Crippen molar-refractivity contribution in [3.8, 4) is 0 Å². The highest BCUT2D eigenvalue weighted by atomic mass is 79.9. The van der Waals surface area contributed by atoms with E-state index in [0.717, 1.165) is 16.2 Å². The van der Waals surface area contributed by atoms with E-state index in [9.17, 15) is 9.59 Å². The fourth-order valence-corrected chi connectivity index (χ4v) is 2.21. The van der Waals surface area contributed by atoms with Crippen molar-refractivity contribution in [3.63, 3.8) is 0 Å². The fourth-order valence-electron chi connectivity index (χ4n) is 1.13. The van der Waals surface area contributed by atoms with Crippen molar-refractivity contribution in [2.75, 3.05) is 11.1 Å². The molecule has 18 heavy (non-hydrogen) atoms. The molecule has 0 aromatic heterocycles. The first-order chi connectivity index (χ1) is 8.52. The Bertz CT molecular complexity index is 442. The molecule has 0 saturated heterocycles. The average Bonchev–Trinajstić information content (AvgIpc) is 2.35. The Morgan fingerprint density at radius 1 is 1.50 bits per heavy atom. The van der Waals surface area contributed by atoms with Gasteiger partial charge in [-0.2, -0.15) is 0 Å². The van der Waals surface area contributed by atoms with E-state index in [-0.39, 0.29) is 11.7 Å². The van der Waals surface area contributed by atoms with Gasteiger partial charge in [-0.1, -0.05) is 22.0 Å². The van der Waals surface area contributed by atoms with Crippen LogP contribution in [0.2, 0.25) is 0 Å². The number of carbonyl (C=O) groups is 2. The highest BCUT2D eigenvalue weighted by Gasteiger charge is 2.14. The maximum atomic E-state index is 11.6. The molecule has 5 nitrogen and oxygen atoms in total. The molecular weight excluding hydrogens is 320 g/mol. The van der Waals surface area contributed by atoms with Crippen LogP contribution in [-0.4, -0.2) is 28.0 Å². The van der Waals surface area contributed by atoms with Gasteiger partial charge in [-0.3, -0.25) is 14.8 Å². The van der Waals surface area contributed by atoms with Gasteiger partial charge >= 0.3 is 0 Å². The largest absolute Gasteiger partial charge is 0.325 e. The van der Waals surface area contributed by atoms with E-state index in [1.807, 2.05) is 12.1 Å². The number of amides is 2. The number of hydroxylamine groups is 1. The summed E-state index contributed by atoms with van der Waals surface area (Å²) in [6, 6.07) is 7.23.